The summed E-state index contributed by atoms with van der Waals surface area (Å²) in [4.78, 5) is 11.6. The maximum atomic E-state index is 13.6. The van der Waals surface area contributed by atoms with Crippen LogP contribution in [0.2, 0.25) is 0 Å². The fraction of sp³-hybridized carbons (Fsp3) is 0.500. The molecular formula is C14H20BrFN2OS. The highest BCUT2D eigenvalue weighted by molar-refractivity contribution is 9.10. The lowest BCUT2D eigenvalue weighted by Crippen LogP contribution is -2.41. The second-order valence-corrected chi connectivity index (χ2v) is 6.42. The van der Waals surface area contributed by atoms with Gasteiger partial charge in [-0.2, -0.15) is 11.8 Å². The molecule has 0 saturated heterocycles. The summed E-state index contributed by atoms with van der Waals surface area (Å²) in [7, 11) is 0. The number of hydrogen-bond donors (Lipinski definition) is 2. The summed E-state index contributed by atoms with van der Waals surface area (Å²) in [5.41, 5.74) is 6.41. The van der Waals surface area contributed by atoms with Crippen molar-refractivity contribution >= 4 is 33.6 Å². The average Bonchev–Trinajstić information content (AvgIpc) is 2.42. The van der Waals surface area contributed by atoms with Gasteiger partial charge in [0, 0.05) is 11.0 Å². The monoisotopic (exact) mass is 362 g/mol. The summed E-state index contributed by atoms with van der Waals surface area (Å²) in [5.74, 6) is 0.524. The van der Waals surface area contributed by atoms with E-state index < -0.39 is 6.04 Å². The highest BCUT2D eigenvalue weighted by atomic mass is 79.9. The van der Waals surface area contributed by atoms with Crippen LogP contribution in [-0.2, 0) is 11.2 Å². The van der Waals surface area contributed by atoms with Gasteiger partial charge in [0.2, 0.25) is 5.91 Å². The number of rotatable bonds is 8. The first-order valence-corrected chi connectivity index (χ1v) is 8.69. The SMILES string of the molecule is CSCC[C@H](N)C(=O)NCCCc1ccc(Br)cc1F. The zero-order valence-corrected chi connectivity index (χ0v) is 13.9. The van der Waals surface area contributed by atoms with Gasteiger partial charge in [-0.15, -0.1) is 0 Å². The third kappa shape index (κ3) is 6.24. The quantitative estimate of drug-likeness (QED) is 0.699. The molecule has 3 nitrogen and oxygen atoms in total. The van der Waals surface area contributed by atoms with Gasteiger partial charge in [-0.25, -0.2) is 4.39 Å². The molecule has 0 bridgehead atoms. The molecule has 3 N–H and O–H groups in total. The smallest absolute Gasteiger partial charge is 0.236 e. The fourth-order valence-electron chi connectivity index (χ4n) is 1.72. The highest BCUT2D eigenvalue weighted by Gasteiger charge is 2.11. The number of carbonyl (C=O) groups is 1. The third-order valence-corrected chi connectivity index (χ3v) is 4.04. The Morgan fingerprint density at radius 1 is 1.55 bits per heavy atom. The normalized spacial score (nSPS) is 12.2. The fourth-order valence-corrected chi connectivity index (χ4v) is 2.54. The van der Waals surface area contributed by atoms with Gasteiger partial charge in [0.05, 0.1) is 6.04 Å². The Morgan fingerprint density at radius 2 is 2.30 bits per heavy atom. The largest absolute Gasteiger partial charge is 0.355 e. The molecule has 1 aromatic carbocycles. The van der Waals surface area contributed by atoms with E-state index in [1.165, 1.54) is 6.07 Å². The van der Waals surface area contributed by atoms with Gasteiger partial charge in [0.25, 0.3) is 0 Å². The molecule has 0 heterocycles. The van der Waals surface area contributed by atoms with Crippen LogP contribution in [0.3, 0.4) is 0 Å². The third-order valence-electron chi connectivity index (χ3n) is 2.91. The van der Waals surface area contributed by atoms with Crippen LogP contribution in [0.25, 0.3) is 0 Å². The Bertz CT molecular complexity index is 445. The van der Waals surface area contributed by atoms with Crippen LogP contribution >= 0.6 is 27.7 Å². The number of amides is 1. The van der Waals surface area contributed by atoms with Crippen molar-refractivity contribution in [3.63, 3.8) is 0 Å². The predicted octanol–water partition coefficient (Wildman–Crippen LogP) is 2.72. The van der Waals surface area contributed by atoms with Gasteiger partial charge in [-0.1, -0.05) is 22.0 Å². The molecular weight excluding hydrogens is 343 g/mol. The Morgan fingerprint density at radius 3 is 2.95 bits per heavy atom. The molecule has 20 heavy (non-hydrogen) atoms. The minimum absolute atomic E-state index is 0.129. The molecule has 0 radical (unpaired) electrons. The van der Waals surface area contributed by atoms with E-state index in [1.807, 2.05) is 12.3 Å². The summed E-state index contributed by atoms with van der Waals surface area (Å²) in [6.07, 6.45) is 3.95. The predicted molar refractivity (Wildman–Crippen MR) is 86.4 cm³/mol. The average molecular weight is 363 g/mol. The van der Waals surface area contributed by atoms with Gasteiger partial charge in [0.15, 0.2) is 0 Å². The van der Waals surface area contributed by atoms with Crippen molar-refractivity contribution in [1.29, 1.82) is 0 Å². The number of nitrogens with two attached hydrogens (primary N) is 1. The van der Waals surface area contributed by atoms with Crippen molar-refractivity contribution < 1.29 is 9.18 Å². The first-order chi connectivity index (χ1) is 9.54. The van der Waals surface area contributed by atoms with Crippen molar-refractivity contribution in [3.05, 3.63) is 34.1 Å². The van der Waals surface area contributed by atoms with Crippen LogP contribution < -0.4 is 11.1 Å². The van der Waals surface area contributed by atoms with E-state index in [0.717, 1.165) is 10.2 Å². The molecule has 0 aliphatic heterocycles. The number of benzene rings is 1. The van der Waals surface area contributed by atoms with Gasteiger partial charge >= 0.3 is 0 Å². The molecule has 112 valence electrons. The number of thioether (sulfide) groups is 1. The van der Waals surface area contributed by atoms with Gasteiger partial charge in [0.1, 0.15) is 5.82 Å². The summed E-state index contributed by atoms with van der Waals surface area (Å²) < 4.78 is 14.3. The van der Waals surface area contributed by atoms with Crippen molar-refractivity contribution in [2.24, 2.45) is 5.73 Å². The lowest BCUT2D eigenvalue weighted by Gasteiger charge is -2.11. The Balaban J connectivity index is 2.26. The van der Waals surface area contributed by atoms with Crippen LogP contribution in [0.5, 0.6) is 0 Å². The van der Waals surface area contributed by atoms with Crippen LogP contribution in [-0.4, -0.2) is 30.5 Å². The van der Waals surface area contributed by atoms with E-state index >= 15 is 0 Å². The molecule has 1 rings (SSSR count). The molecule has 1 atom stereocenters. The van der Waals surface area contributed by atoms with Crippen LogP contribution in [0.15, 0.2) is 22.7 Å². The van der Waals surface area contributed by atoms with E-state index in [9.17, 15) is 9.18 Å². The second-order valence-electron chi connectivity index (χ2n) is 4.52. The van der Waals surface area contributed by atoms with Crippen molar-refractivity contribution in [2.75, 3.05) is 18.6 Å². The van der Waals surface area contributed by atoms with Crippen LogP contribution in [0, 0.1) is 5.82 Å². The number of halogens is 2. The summed E-state index contributed by atoms with van der Waals surface area (Å²) in [5, 5.41) is 2.79. The summed E-state index contributed by atoms with van der Waals surface area (Å²) in [6, 6.07) is 4.57. The van der Waals surface area contributed by atoms with E-state index in [-0.39, 0.29) is 11.7 Å². The van der Waals surface area contributed by atoms with Crippen molar-refractivity contribution in [2.45, 2.75) is 25.3 Å². The van der Waals surface area contributed by atoms with E-state index in [1.54, 1.807) is 17.8 Å². The van der Waals surface area contributed by atoms with E-state index in [0.29, 0.717) is 31.4 Å². The standard InChI is InChI=1S/C14H20BrFN2OS/c1-20-8-6-13(17)14(19)18-7-2-3-10-4-5-11(15)9-12(10)16/h4-5,9,13H,2-3,6-8,17H2,1H3,(H,18,19)/t13-/m0/s1. The zero-order valence-electron chi connectivity index (χ0n) is 11.5. The topological polar surface area (TPSA) is 55.1 Å². The van der Waals surface area contributed by atoms with Crippen LogP contribution in [0.1, 0.15) is 18.4 Å². The molecule has 1 amide bonds. The molecule has 0 unspecified atom stereocenters. The van der Waals surface area contributed by atoms with Crippen LogP contribution in [0.4, 0.5) is 4.39 Å². The first kappa shape index (κ1) is 17.5. The number of aryl methyl sites for hydroxylation is 1. The molecule has 0 aromatic heterocycles. The molecule has 1 aromatic rings. The van der Waals surface area contributed by atoms with E-state index in [2.05, 4.69) is 21.2 Å². The molecule has 0 fully saturated rings. The summed E-state index contributed by atoms with van der Waals surface area (Å²) >= 11 is 4.89. The first-order valence-electron chi connectivity index (χ1n) is 6.50. The van der Waals surface area contributed by atoms with Crippen molar-refractivity contribution in [1.82, 2.24) is 5.32 Å². The highest BCUT2D eigenvalue weighted by Crippen LogP contribution is 2.16. The Kier molecular flexibility index (Phi) is 8.18. The molecule has 0 saturated carbocycles. The second kappa shape index (κ2) is 9.37. The maximum absolute atomic E-state index is 13.6. The van der Waals surface area contributed by atoms with Crippen molar-refractivity contribution in [3.8, 4) is 0 Å². The number of hydrogen-bond acceptors (Lipinski definition) is 3. The molecule has 0 spiro atoms. The van der Waals surface area contributed by atoms with Gasteiger partial charge in [-0.05, 0) is 49.0 Å². The molecule has 0 aliphatic carbocycles. The van der Waals surface area contributed by atoms with E-state index in [4.69, 9.17) is 5.73 Å². The molecule has 6 heteroatoms. The maximum Gasteiger partial charge on any atom is 0.236 e. The lowest BCUT2D eigenvalue weighted by molar-refractivity contribution is -0.122. The number of carbonyl (C=O) groups excluding carboxylic acids is 1. The van der Waals surface area contributed by atoms with Gasteiger partial charge in [-0.3, -0.25) is 4.79 Å². The minimum atomic E-state index is -0.452. The Labute approximate surface area is 132 Å². The zero-order chi connectivity index (χ0) is 15.0. The summed E-state index contributed by atoms with van der Waals surface area (Å²) in [6.45, 7) is 0.515. The molecule has 0 aliphatic rings. The van der Waals surface area contributed by atoms with Gasteiger partial charge < -0.3 is 11.1 Å². The Hall–Kier alpha value is -0.590. The lowest BCUT2D eigenvalue weighted by atomic mass is 10.1. The minimum Gasteiger partial charge on any atom is -0.355 e. The number of nitrogens with one attached hydrogen (secondary N) is 1.